The van der Waals surface area contributed by atoms with Gasteiger partial charge < -0.3 is 5.32 Å². The van der Waals surface area contributed by atoms with E-state index in [4.69, 9.17) is 0 Å². The van der Waals surface area contributed by atoms with Crippen LogP contribution >= 0.6 is 0 Å². The van der Waals surface area contributed by atoms with Crippen molar-refractivity contribution in [1.29, 1.82) is 0 Å². The molecule has 3 fully saturated rings. The SMILES string of the molecule is CC1CCC(N2CCC3CCC(C2)N3)CC1C. The Labute approximate surface area is 106 Å². The Bertz CT molecular complexity index is 266. The molecule has 5 unspecified atom stereocenters. The van der Waals surface area contributed by atoms with Crippen molar-refractivity contribution in [2.75, 3.05) is 13.1 Å². The second-order valence-corrected chi connectivity index (χ2v) is 6.84. The van der Waals surface area contributed by atoms with Crippen LogP contribution in [0.15, 0.2) is 0 Å². The van der Waals surface area contributed by atoms with Crippen molar-refractivity contribution >= 4 is 0 Å². The Morgan fingerprint density at radius 2 is 1.71 bits per heavy atom. The molecule has 98 valence electrons. The first-order valence-corrected chi connectivity index (χ1v) is 7.72. The van der Waals surface area contributed by atoms with Gasteiger partial charge in [-0.1, -0.05) is 13.8 Å². The van der Waals surface area contributed by atoms with Crippen molar-refractivity contribution in [1.82, 2.24) is 10.2 Å². The molecule has 0 amide bonds. The predicted molar refractivity (Wildman–Crippen MR) is 72.1 cm³/mol. The van der Waals surface area contributed by atoms with E-state index in [-0.39, 0.29) is 0 Å². The minimum absolute atomic E-state index is 0.803. The van der Waals surface area contributed by atoms with Gasteiger partial charge in [-0.3, -0.25) is 4.90 Å². The zero-order valence-corrected chi connectivity index (χ0v) is 11.5. The molecule has 0 spiro atoms. The van der Waals surface area contributed by atoms with Gasteiger partial charge in [0, 0.05) is 24.7 Å². The van der Waals surface area contributed by atoms with Crippen LogP contribution in [0.1, 0.15) is 52.4 Å². The summed E-state index contributed by atoms with van der Waals surface area (Å²) in [6.07, 6.45) is 8.57. The Morgan fingerprint density at radius 1 is 0.882 bits per heavy atom. The summed E-state index contributed by atoms with van der Waals surface area (Å²) in [4.78, 5) is 2.82. The van der Waals surface area contributed by atoms with Gasteiger partial charge in [0.15, 0.2) is 0 Å². The molecule has 2 heteroatoms. The fourth-order valence-corrected chi connectivity index (χ4v) is 4.15. The third-order valence-corrected chi connectivity index (χ3v) is 5.64. The van der Waals surface area contributed by atoms with Crippen LogP contribution in [0.2, 0.25) is 0 Å². The third-order valence-electron chi connectivity index (χ3n) is 5.64. The van der Waals surface area contributed by atoms with Gasteiger partial charge in [-0.25, -0.2) is 0 Å². The molecule has 1 aliphatic carbocycles. The van der Waals surface area contributed by atoms with E-state index in [1.165, 1.54) is 51.6 Å². The molecule has 2 nitrogen and oxygen atoms in total. The lowest BCUT2D eigenvalue weighted by molar-refractivity contribution is 0.104. The van der Waals surface area contributed by atoms with Gasteiger partial charge in [-0.15, -0.1) is 0 Å². The van der Waals surface area contributed by atoms with E-state index in [0.717, 1.165) is 30.0 Å². The largest absolute Gasteiger partial charge is 0.310 e. The summed E-state index contributed by atoms with van der Waals surface area (Å²) in [6, 6.07) is 2.53. The second kappa shape index (κ2) is 4.89. The van der Waals surface area contributed by atoms with Gasteiger partial charge in [0.1, 0.15) is 0 Å². The Morgan fingerprint density at radius 3 is 2.53 bits per heavy atom. The molecule has 17 heavy (non-hydrogen) atoms. The van der Waals surface area contributed by atoms with Crippen molar-refractivity contribution < 1.29 is 0 Å². The Hall–Kier alpha value is -0.0800. The molecular weight excluding hydrogens is 208 g/mol. The third kappa shape index (κ3) is 2.53. The smallest absolute Gasteiger partial charge is 0.0198 e. The maximum absolute atomic E-state index is 3.80. The van der Waals surface area contributed by atoms with Crippen molar-refractivity contribution in [3.8, 4) is 0 Å². The van der Waals surface area contributed by atoms with E-state index >= 15 is 0 Å². The highest BCUT2D eigenvalue weighted by Gasteiger charge is 2.34. The first-order chi connectivity index (χ1) is 8.22. The van der Waals surface area contributed by atoms with Gasteiger partial charge in [0.25, 0.3) is 0 Å². The molecule has 2 saturated heterocycles. The fourth-order valence-electron chi connectivity index (χ4n) is 4.15. The van der Waals surface area contributed by atoms with Gasteiger partial charge in [0.05, 0.1) is 0 Å². The van der Waals surface area contributed by atoms with E-state index in [1.54, 1.807) is 0 Å². The summed E-state index contributed by atoms with van der Waals surface area (Å²) in [5, 5.41) is 3.80. The van der Waals surface area contributed by atoms with Crippen LogP contribution in [0.3, 0.4) is 0 Å². The number of nitrogens with one attached hydrogen (secondary N) is 1. The summed E-state index contributed by atoms with van der Waals surface area (Å²) >= 11 is 0. The second-order valence-electron chi connectivity index (χ2n) is 6.84. The van der Waals surface area contributed by atoms with Crippen molar-refractivity contribution in [3.05, 3.63) is 0 Å². The number of hydrogen-bond donors (Lipinski definition) is 1. The van der Waals surface area contributed by atoms with Crippen molar-refractivity contribution in [2.24, 2.45) is 11.8 Å². The van der Waals surface area contributed by atoms with Gasteiger partial charge in [-0.05, 0) is 56.9 Å². The summed E-state index contributed by atoms with van der Waals surface area (Å²) in [5.41, 5.74) is 0. The maximum atomic E-state index is 3.80. The average Bonchev–Trinajstić information content (AvgIpc) is 2.63. The molecule has 3 rings (SSSR count). The number of nitrogens with zero attached hydrogens (tertiary/aromatic N) is 1. The summed E-state index contributed by atoms with van der Waals surface area (Å²) in [5.74, 6) is 1.88. The number of rotatable bonds is 1. The monoisotopic (exact) mass is 236 g/mol. The number of likely N-dealkylation sites (tertiary alicyclic amines) is 1. The predicted octanol–water partition coefficient (Wildman–Crippen LogP) is 2.64. The molecule has 0 aromatic rings. The van der Waals surface area contributed by atoms with Crippen LogP contribution in [0.4, 0.5) is 0 Å². The standard InChI is InChI=1S/C15H28N2/c1-11-3-6-15(9-12(11)2)17-8-7-13-4-5-14(10-17)16-13/h11-16H,3-10H2,1-2H3. The topological polar surface area (TPSA) is 15.3 Å². The van der Waals surface area contributed by atoms with Crippen LogP contribution in [0, 0.1) is 11.8 Å². The first-order valence-electron chi connectivity index (χ1n) is 7.72. The van der Waals surface area contributed by atoms with Crippen molar-refractivity contribution in [2.45, 2.75) is 70.5 Å². The quantitative estimate of drug-likeness (QED) is 0.753. The van der Waals surface area contributed by atoms with Crippen molar-refractivity contribution in [3.63, 3.8) is 0 Å². The van der Waals surface area contributed by atoms with Gasteiger partial charge in [0.2, 0.25) is 0 Å². The van der Waals surface area contributed by atoms with Crippen LogP contribution in [0.25, 0.3) is 0 Å². The van der Waals surface area contributed by atoms with Crippen LogP contribution in [-0.2, 0) is 0 Å². The first kappa shape index (κ1) is 12.0. The van der Waals surface area contributed by atoms with Gasteiger partial charge >= 0.3 is 0 Å². The fraction of sp³-hybridized carbons (Fsp3) is 1.00. The highest BCUT2D eigenvalue weighted by atomic mass is 15.2. The summed E-state index contributed by atoms with van der Waals surface area (Å²) in [7, 11) is 0. The molecule has 0 aromatic carbocycles. The van der Waals surface area contributed by atoms with E-state index < -0.39 is 0 Å². The molecule has 1 saturated carbocycles. The van der Waals surface area contributed by atoms with E-state index in [9.17, 15) is 0 Å². The highest BCUT2D eigenvalue weighted by molar-refractivity contribution is 4.92. The lowest BCUT2D eigenvalue weighted by atomic mass is 9.78. The summed E-state index contributed by atoms with van der Waals surface area (Å²) < 4.78 is 0. The molecular formula is C15H28N2. The van der Waals surface area contributed by atoms with Gasteiger partial charge in [-0.2, -0.15) is 0 Å². The molecule has 2 heterocycles. The number of hydrogen-bond acceptors (Lipinski definition) is 2. The van der Waals surface area contributed by atoms with E-state index in [2.05, 4.69) is 24.1 Å². The minimum atomic E-state index is 0.803. The van der Waals surface area contributed by atoms with Crippen LogP contribution in [0.5, 0.6) is 0 Å². The minimum Gasteiger partial charge on any atom is -0.310 e. The summed E-state index contributed by atoms with van der Waals surface area (Å²) in [6.45, 7) is 7.56. The number of fused-ring (bicyclic) bond motifs is 2. The lowest BCUT2D eigenvalue weighted by Crippen LogP contribution is -2.44. The molecule has 0 aromatic heterocycles. The molecule has 2 aliphatic heterocycles. The Kier molecular flexibility index (Phi) is 3.45. The van der Waals surface area contributed by atoms with E-state index in [0.29, 0.717) is 0 Å². The van der Waals surface area contributed by atoms with Crippen LogP contribution < -0.4 is 5.32 Å². The molecule has 5 atom stereocenters. The normalized spacial score (nSPS) is 48.0. The highest BCUT2D eigenvalue weighted by Crippen LogP contribution is 2.33. The molecule has 3 aliphatic rings. The molecule has 1 N–H and O–H groups in total. The Balaban J connectivity index is 1.60. The maximum Gasteiger partial charge on any atom is 0.0198 e. The lowest BCUT2D eigenvalue weighted by Gasteiger charge is -2.40. The van der Waals surface area contributed by atoms with E-state index in [1.807, 2.05) is 0 Å². The average molecular weight is 236 g/mol. The molecule has 2 bridgehead atoms. The zero-order chi connectivity index (χ0) is 11.8. The zero-order valence-electron chi connectivity index (χ0n) is 11.5. The molecule has 0 radical (unpaired) electrons. The van der Waals surface area contributed by atoms with Crippen LogP contribution in [-0.4, -0.2) is 36.1 Å².